The van der Waals surface area contributed by atoms with E-state index in [2.05, 4.69) is 11.8 Å². The van der Waals surface area contributed by atoms with Gasteiger partial charge >= 0.3 is 0 Å². The summed E-state index contributed by atoms with van der Waals surface area (Å²) >= 11 is 0. The molecule has 3 unspecified atom stereocenters. The first-order valence-corrected chi connectivity index (χ1v) is 5.79. The second kappa shape index (κ2) is 4.60. The van der Waals surface area contributed by atoms with Crippen molar-refractivity contribution in [3.63, 3.8) is 0 Å². The number of hydrogen-bond donors (Lipinski definition) is 1. The van der Waals surface area contributed by atoms with Crippen LogP contribution in [0.15, 0.2) is 0 Å². The Kier molecular flexibility index (Phi) is 3.42. The molecule has 0 aromatic carbocycles. The van der Waals surface area contributed by atoms with Gasteiger partial charge in [0.25, 0.3) is 0 Å². The van der Waals surface area contributed by atoms with E-state index in [1.54, 1.807) is 0 Å². The van der Waals surface area contributed by atoms with Crippen LogP contribution in [0.4, 0.5) is 0 Å². The van der Waals surface area contributed by atoms with Gasteiger partial charge < -0.3 is 15.4 Å². The van der Waals surface area contributed by atoms with Crippen LogP contribution in [0.2, 0.25) is 0 Å². The van der Waals surface area contributed by atoms with Crippen LogP contribution in [-0.4, -0.2) is 43.8 Å². The van der Waals surface area contributed by atoms with E-state index < -0.39 is 0 Å². The second-order valence-corrected chi connectivity index (χ2v) is 5.05. The summed E-state index contributed by atoms with van der Waals surface area (Å²) in [7, 11) is 0. The highest BCUT2D eigenvalue weighted by Gasteiger charge is 2.25. The average molecular weight is 198 g/mol. The predicted octanol–water partition coefficient (Wildman–Crippen LogP) is 0.692. The summed E-state index contributed by atoms with van der Waals surface area (Å²) in [5, 5.41) is 0. The van der Waals surface area contributed by atoms with Crippen molar-refractivity contribution in [2.75, 3.05) is 32.8 Å². The SMILES string of the molecule is CC1CC(N)CN(CC2CCOC2)C1. The van der Waals surface area contributed by atoms with Crippen LogP contribution in [0.3, 0.4) is 0 Å². The van der Waals surface area contributed by atoms with Crippen LogP contribution in [-0.2, 0) is 4.74 Å². The lowest BCUT2D eigenvalue weighted by molar-refractivity contribution is 0.129. The van der Waals surface area contributed by atoms with E-state index in [1.807, 2.05) is 0 Å². The minimum Gasteiger partial charge on any atom is -0.381 e. The van der Waals surface area contributed by atoms with Crippen LogP contribution < -0.4 is 5.73 Å². The molecule has 0 radical (unpaired) electrons. The topological polar surface area (TPSA) is 38.5 Å². The zero-order chi connectivity index (χ0) is 9.97. The Morgan fingerprint density at radius 3 is 2.93 bits per heavy atom. The molecule has 0 spiro atoms. The molecular formula is C11H22N2O. The Hall–Kier alpha value is -0.120. The maximum Gasteiger partial charge on any atom is 0.0507 e. The van der Waals surface area contributed by atoms with Crippen LogP contribution >= 0.6 is 0 Å². The molecule has 3 heteroatoms. The molecule has 2 aliphatic heterocycles. The first-order valence-electron chi connectivity index (χ1n) is 5.79. The summed E-state index contributed by atoms with van der Waals surface area (Å²) in [6.07, 6.45) is 2.43. The summed E-state index contributed by atoms with van der Waals surface area (Å²) in [6.45, 7) is 7.72. The van der Waals surface area contributed by atoms with E-state index in [-0.39, 0.29) is 0 Å². The molecule has 2 saturated heterocycles. The smallest absolute Gasteiger partial charge is 0.0507 e. The fourth-order valence-electron chi connectivity index (χ4n) is 2.75. The minimum absolute atomic E-state index is 0.390. The van der Waals surface area contributed by atoms with Gasteiger partial charge in [0.1, 0.15) is 0 Å². The highest BCUT2D eigenvalue weighted by atomic mass is 16.5. The van der Waals surface area contributed by atoms with Gasteiger partial charge in [0, 0.05) is 32.3 Å². The number of nitrogens with zero attached hydrogens (tertiary/aromatic N) is 1. The minimum atomic E-state index is 0.390. The molecule has 3 nitrogen and oxygen atoms in total. The Bertz CT molecular complexity index is 170. The standard InChI is InChI=1S/C11H22N2O/c1-9-4-11(12)7-13(5-9)6-10-2-3-14-8-10/h9-11H,2-8,12H2,1H3. The van der Waals surface area contributed by atoms with Crippen molar-refractivity contribution >= 4 is 0 Å². The van der Waals surface area contributed by atoms with Gasteiger partial charge in [0.05, 0.1) is 6.61 Å². The van der Waals surface area contributed by atoms with E-state index in [1.165, 1.54) is 25.9 Å². The van der Waals surface area contributed by atoms with Crippen LogP contribution in [0.1, 0.15) is 19.8 Å². The molecule has 2 rings (SSSR count). The fourth-order valence-corrected chi connectivity index (χ4v) is 2.75. The number of piperidine rings is 1. The molecule has 14 heavy (non-hydrogen) atoms. The third-order valence-electron chi connectivity index (χ3n) is 3.31. The van der Waals surface area contributed by atoms with Crippen molar-refractivity contribution in [2.45, 2.75) is 25.8 Å². The first-order chi connectivity index (χ1) is 6.74. The van der Waals surface area contributed by atoms with Gasteiger partial charge in [-0.05, 0) is 24.7 Å². The summed E-state index contributed by atoms with van der Waals surface area (Å²) < 4.78 is 5.39. The zero-order valence-corrected chi connectivity index (χ0v) is 9.11. The largest absolute Gasteiger partial charge is 0.381 e. The van der Waals surface area contributed by atoms with Gasteiger partial charge in [-0.3, -0.25) is 0 Å². The lowest BCUT2D eigenvalue weighted by Crippen LogP contribution is -2.47. The third kappa shape index (κ3) is 2.69. The van der Waals surface area contributed by atoms with Gasteiger partial charge in [-0.2, -0.15) is 0 Å². The molecule has 0 amide bonds. The molecule has 82 valence electrons. The lowest BCUT2D eigenvalue weighted by Gasteiger charge is -2.35. The Morgan fingerprint density at radius 1 is 1.43 bits per heavy atom. The Labute approximate surface area is 86.6 Å². The first kappa shape index (κ1) is 10.4. The van der Waals surface area contributed by atoms with Crippen LogP contribution in [0, 0.1) is 11.8 Å². The second-order valence-electron chi connectivity index (χ2n) is 5.05. The number of hydrogen-bond acceptors (Lipinski definition) is 3. The maximum atomic E-state index is 6.02. The van der Waals surface area contributed by atoms with Crippen molar-refractivity contribution in [1.29, 1.82) is 0 Å². The average Bonchev–Trinajstić information content (AvgIpc) is 2.54. The number of rotatable bonds is 2. The van der Waals surface area contributed by atoms with Crippen molar-refractivity contribution in [2.24, 2.45) is 17.6 Å². The zero-order valence-electron chi connectivity index (χ0n) is 9.11. The summed E-state index contributed by atoms with van der Waals surface area (Å²) in [5.74, 6) is 1.52. The van der Waals surface area contributed by atoms with E-state index in [4.69, 9.17) is 10.5 Å². The molecule has 0 aromatic heterocycles. The third-order valence-corrected chi connectivity index (χ3v) is 3.31. The van der Waals surface area contributed by atoms with Gasteiger partial charge in [0.15, 0.2) is 0 Å². The Morgan fingerprint density at radius 2 is 2.29 bits per heavy atom. The van der Waals surface area contributed by atoms with Crippen molar-refractivity contribution in [1.82, 2.24) is 4.90 Å². The molecule has 2 heterocycles. The molecule has 0 saturated carbocycles. The van der Waals surface area contributed by atoms with Gasteiger partial charge in [-0.25, -0.2) is 0 Å². The molecule has 2 aliphatic rings. The number of ether oxygens (including phenoxy) is 1. The summed E-state index contributed by atoms with van der Waals surface area (Å²) in [6, 6.07) is 0.390. The number of nitrogens with two attached hydrogens (primary N) is 1. The molecule has 0 bridgehead atoms. The predicted molar refractivity (Wildman–Crippen MR) is 57.1 cm³/mol. The van der Waals surface area contributed by atoms with Crippen molar-refractivity contribution < 1.29 is 4.74 Å². The highest BCUT2D eigenvalue weighted by molar-refractivity contribution is 4.81. The molecule has 3 atom stereocenters. The summed E-state index contributed by atoms with van der Waals surface area (Å²) in [4.78, 5) is 2.53. The molecule has 0 aliphatic carbocycles. The summed E-state index contributed by atoms with van der Waals surface area (Å²) in [5.41, 5.74) is 6.02. The maximum absolute atomic E-state index is 6.02. The van der Waals surface area contributed by atoms with E-state index >= 15 is 0 Å². The number of likely N-dealkylation sites (tertiary alicyclic amines) is 1. The van der Waals surface area contributed by atoms with E-state index in [0.29, 0.717) is 6.04 Å². The van der Waals surface area contributed by atoms with Crippen LogP contribution in [0.5, 0.6) is 0 Å². The van der Waals surface area contributed by atoms with E-state index in [0.717, 1.165) is 31.6 Å². The molecule has 2 fully saturated rings. The molecule has 2 N–H and O–H groups in total. The van der Waals surface area contributed by atoms with Crippen LogP contribution in [0.25, 0.3) is 0 Å². The van der Waals surface area contributed by atoms with E-state index in [9.17, 15) is 0 Å². The Balaban J connectivity index is 1.78. The monoisotopic (exact) mass is 198 g/mol. The highest BCUT2D eigenvalue weighted by Crippen LogP contribution is 2.19. The van der Waals surface area contributed by atoms with Crippen molar-refractivity contribution in [3.05, 3.63) is 0 Å². The quantitative estimate of drug-likeness (QED) is 0.709. The van der Waals surface area contributed by atoms with Gasteiger partial charge in [-0.15, -0.1) is 0 Å². The lowest BCUT2D eigenvalue weighted by atomic mass is 9.95. The normalized spacial score (nSPS) is 40.3. The molecular weight excluding hydrogens is 176 g/mol. The van der Waals surface area contributed by atoms with Gasteiger partial charge in [0.2, 0.25) is 0 Å². The van der Waals surface area contributed by atoms with Gasteiger partial charge in [-0.1, -0.05) is 6.92 Å². The fraction of sp³-hybridized carbons (Fsp3) is 1.00. The van der Waals surface area contributed by atoms with Crippen molar-refractivity contribution in [3.8, 4) is 0 Å². The molecule has 0 aromatic rings.